The molecule has 0 saturated heterocycles. The van der Waals surface area contributed by atoms with Gasteiger partial charge in [0.15, 0.2) is 0 Å². The molecule has 1 amide bonds. The first-order valence-corrected chi connectivity index (χ1v) is 7.01. The van der Waals surface area contributed by atoms with Crippen LogP contribution in [0.3, 0.4) is 0 Å². The molecule has 6 heteroatoms. The summed E-state index contributed by atoms with van der Waals surface area (Å²) >= 11 is 0. The van der Waals surface area contributed by atoms with Crippen molar-refractivity contribution < 1.29 is 13.7 Å². The minimum atomic E-state index is -0.333. The zero-order valence-corrected chi connectivity index (χ0v) is 12.6. The molecule has 5 nitrogen and oxygen atoms in total. The molecular formula is C17H14FN3O2. The summed E-state index contributed by atoms with van der Waals surface area (Å²) in [5, 5.41) is 6.59. The number of nitrogens with zero attached hydrogens (tertiary/aromatic N) is 2. The number of nitrogens with one attached hydrogen (secondary N) is 1. The van der Waals surface area contributed by atoms with Crippen LogP contribution in [0.1, 0.15) is 21.8 Å². The maximum absolute atomic E-state index is 13.1. The Morgan fingerprint density at radius 2 is 1.87 bits per heavy atom. The standard InChI is InChI=1S/C17H14FN3O2/c1-10-9-14(18)7-8-15(10)20-17(22)13-5-3-12(4-6-13)16-19-11(2)23-21-16/h3-9H,1-2H3,(H,20,22). The summed E-state index contributed by atoms with van der Waals surface area (Å²) in [6, 6.07) is 11.1. The van der Waals surface area contributed by atoms with Gasteiger partial charge in [-0.3, -0.25) is 4.79 Å². The number of hydrogen-bond acceptors (Lipinski definition) is 4. The van der Waals surface area contributed by atoms with Gasteiger partial charge in [0.25, 0.3) is 5.91 Å². The molecule has 3 rings (SSSR count). The topological polar surface area (TPSA) is 68.0 Å². The van der Waals surface area contributed by atoms with Crippen LogP contribution in [0, 0.1) is 19.7 Å². The van der Waals surface area contributed by atoms with E-state index < -0.39 is 0 Å². The number of aromatic nitrogens is 2. The molecule has 0 unspecified atom stereocenters. The van der Waals surface area contributed by atoms with Gasteiger partial charge in [-0.05, 0) is 42.8 Å². The van der Waals surface area contributed by atoms with Crippen molar-refractivity contribution in [1.82, 2.24) is 10.1 Å². The lowest BCUT2D eigenvalue weighted by Gasteiger charge is -2.08. The third kappa shape index (κ3) is 3.26. The number of amides is 1. The Kier molecular flexibility index (Phi) is 3.89. The van der Waals surface area contributed by atoms with Gasteiger partial charge in [-0.1, -0.05) is 17.3 Å². The fourth-order valence-corrected chi connectivity index (χ4v) is 2.15. The van der Waals surface area contributed by atoms with Crippen LogP contribution in [0.4, 0.5) is 10.1 Å². The van der Waals surface area contributed by atoms with E-state index in [1.165, 1.54) is 12.1 Å². The zero-order valence-electron chi connectivity index (χ0n) is 12.6. The second-order valence-corrected chi connectivity index (χ2v) is 5.13. The SMILES string of the molecule is Cc1nc(-c2ccc(C(=O)Nc3ccc(F)cc3C)cc2)no1. The van der Waals surface area contributed by atoms with Crippen molar-refractivity contribution in [3.63, 3.8) is 0 Å². The molecule has 1 heterocycles. The molecule has 2 aromatic carbocycles. The van der Waals surface area contributed by atoms with Crippen molar-refractivity contribution >= 4 is 11.6 Å². The predicted molar refractivity (Wildman–Crippen MR) is 83.6 cm³/mol. The van der Waals surface area contributed by atoms with Gasteiger partial charge >= 0.3 is 0 Å². The van der Waals surface area contributed by atoms with E-state index in [1.54, 1.807) is 44.2 Å². The summed E-state index contributed by atoms with van der Waals surface area (Å²) in [7, 11) is 0. The molecular weight excluding hydrogens is 297 g/mol. The van der Waals surface area contributed by atoms with Gasteiger partial charge in [0, 0.05) is 23.7 Å². The highest BCUT2D eigenvalue weighted by atomic mass is 19.1. The molecule has 23 heavy (non-hydrogen) atoms. The number of carbonyl (C=O) groups excluding carboxylic acids is 1. The molecule has 116 valence electrons. The van der Waals surface area contributed by atoms with E-state index in [0.29, 0.717) is 28.5 Å². The Hall–Kier alpha value is -3.02. The summed E-state index contributed by atoms with van der Waals surface area (Å²) in [6.45, 7) is 3.45. The van der Waals surface area contributed by atoms with Crippen LogP contribution in [0.5, 0.6) is 0 Å². The molecule has 0 aliphatic carbocycles. The normalized spacial score (nSPS) is 10.6. The second kappa shape index (κ2) is 6.00. The van der Waals surface area contributed by atoms with Crippen LogP contribution in [0.2, 0.25) is 0 Å². The van der Waals surface area contributed by atoms with Gasteiger partial charge in [0.05, 0.1) is 0 Å². The monoisotopic (exact) mass is 311 g/mol. The fraction of sp³-hybridized carbons (Fsp3) is 0.118. The molecule has 1 aromatic heterocycles. The zero-order chi connectivity index (χ0) is 16.4. The average Bonchev–Trinajstić information content (AvgIpc) is 2.97. The van der Waals surface area contributed by atoms with Crippen molar-refractivity contribution in [3.05, 3.63) is 65.3 Å². The molecule has 3 aromatic rings. The van der Waals surface area contributed by atoms with Gasteiger partial charge in [0.2, 0.25) is 11.7 Å². The van der Waals surface area contributed by atoms with Crippen molar-refractivity contribution in [2.75, 3.05) is 5.32 Å². The first kappa shape index (κ1) is 14.9. The average molecular weight is 311 g/mol. The van der Waals surface area contributed by atoms with E-state index in [9.17, 15) is 9.18 Å². The van der Waals surface area contributed by atoms with E-state index in [2.05, 4.69) is 15.5 Å². The van der Waals surface area contributed by atoms with Crippen LogP contribution < -0.4 is 5.32 Å². The molecule has 0 spiro atoms. The first-order chi connectivity index (χ1) is 11.0. The molecule has 0 atom stereocenters. The summed E-state index contributed by atoms with van der Waals surface area (Å²) in [6.07, 6.45) is 0. The highest BCUT2D eigenvalue weighted by molar-refractivity contribution is 6.04. The van der Waals surface area contributed by atoms with E-state index in [4.69, 9.17) is 4.52 Å². The first-order valence-electron chi connectivity index (χ1n) is 7.01. The molecule has 0 fully saturated rings. The van der Waals surface area contributed by atoms with Crippen LogP contribution in [-0.2, 0) is 0 Å². The van der Waals surface area contributed by atoms with Crippen molar-refractivity contribution in [2.45, 2.75) is 13.8 Å². The fourth-order valence-electron chi connectivity index (χ4n) is 2.15. The molecule has 0 radical (unpaired) electrons. The predicted octanol–water partition coefficient (Wildman–Crippen LogP) is 3.74. The number of carbonyl (C=O) groups is 1. The van der Waals surface area contributed by atoms with Crippen LogP contribution in [-0.4, -0.2) is 16.0 Å². The number of rotatable bonds is 3. The summed E-state index contributed by atoms with van der Waals surface area (Å²) in [5.41, 5.74) is 2.49. The Morgan fingerprint density at radius 1 is 1.13 bits per heavy atom. The number of benzene rings is 2. The van der Waals surface area contributed by atoms with Crippen LogP contribution >= 0.6 is 0 Å². The molecule has 0 aliphatic heterocycles. The molecule has 0 saturated carbocycles. The Bertz CT molecular complexity index is 857. The third-order valence-corrected chi connectivity index (χ3v) is 3.37. The van der Waals surface area contributed by atoms with Crippen LogP contribution in [0.15, 0.2) is 47.0 Å². The number of hydrogen-bond donors (Lipinski definition) is 1. The summed E-state index contributed by atoms with van der Waals surface area (Å²) in [4.78, 5) is 16.4. The Labute approximate surface area is 132 Å². The Morgan fingerprint density at radius 3 is 2.48 bits per heavy atom. The maximum atomic E-state index is 13.1. The van der Waals surface area contributed by atoms with Gasteiger partial charge in [-0.2, -0.15) is 4.98 Å². The number of anilines is 1. The number of aryl methyl sites for hydroxylation is 2. The highest BCUT2D eigenvalue weighted by Gasteiger charge is 2.10. The molecule has 0 bridgehead atoms. The third-order valence-electron chi connectivity index (χ3n) is 3.37. The van der Waals surface area contributed by atoms with E-state index >= 15 is 0 Å². The largest absolute Gasteiger partial charge is 0.339 e. The number of halogens is 1. The van der Waals surface area contributed by atoms with Crippen molar-refractivity contribution in [3.8, 4) is 11.4 Å². The minimum absolute atomic E-state index is 0.268. The summed E-state index contributed by atoms with van der Waals surface area (Å²) < 4.78 is 18.0. The minimum Gasteiger partial charge on any atom is -0.339 e. The lowest BCUT2D eigenvalue weighted by molar-refractivity contribution is 0.102. The van der Waals surface area contributed by atoms with Gasteiger partial charge in [-0.25, -0.2) is 4.39 Å². The quantitative estimate of drug-likeness (QED) is 0.800. The Balaban J connectivity index is 1.77. The maximum Gasteiger partial charge on any atom is 0.255 e. The van der Waals surface area contributed by atoms with E-state index in [1.807, 2.05) is 0 Å². The van der Waals surface area contributed by atoms with Crippen molar-refractivity contribution in [2.24, 2.45) is 0 Å². The van der Waals surface area contributed by atoms with E-state index in [0.717, 1.165) is 5.56 Å². The van der Waals surface area contributed by atoms with E-state index in [-0.39, 0.29) is 11.7 Å². The molecule has 0 aliphatic rings. The summed E-state index contributed by atoms with van der Waals surface area (Å²) in [5.74, 6) is 0.355. The smallest absolute Gasteiger partial charge is 0.255 e. The van der Waals surface area contributed by atoms with Gasteiger partial charge < -0.3 is 9.84 Å². The highest BCUT2D eigenvalue weighted by Crippen LogP contribution is 2.19. The van der Waals surface area contributed by atoms with Crippen molar-refractivity contribution in [1.29, 1.82) is 0 Å². The second-order valence-electron chi connectivity index (χ2n) is 5.13. The lowest BCUT2D eigenvalue weighted by atomic mass is 10.1. The lowest BCUT2D eigenvalue weighted by Crippen LogP contribution is -2.12. The van der Waals surface area contributed by atoms with Crippen LogP contribution in [0.25, 0.3) is 11.4 Å². The van der Waals surface area contributed by atoms with Gasteiger partial charge in [-0.15, -0.1) is 0 Å². The molecule has 1 N–H and O–H groups in total. The van der Waals surface area contributed by atoms with Gasteiger partial charge in [0.1, 0.15) is 5.82 Å².